The van der Waals surface area contributed by atoms with Gasteiger partial charge in [-0.3, -0.25) is 9.59 Å². The van der Waals surface area contributed by atoms with Crippen LogP contribution in [0, 0.1) is 5.41 Å². The molecule has 0 aromatic heterocycles. The van der Waals surface area contributed by atoms with Crippen LogP contribution in [-0.4, -0.2) is 34.2 Å². The zero-order valence-corrected chi connectivity index (χ0v) is 15.0. The van der Waals surface area contributed by atoms with Crippen LogP contribution >= 0.6 is 0 Å². The van der Waals surface area contributed by atoms with Crippen LogP contribution in [0.5, 0.6) is 0 Å². The Morgan fingerprint density at radius 1 is 1.10 bits per heavy atom. The Morgan fingerprint density at radius 3 is 1.86 bits per heavy atom. The Kier molecular flexibility index (Phi) is 6.19. The zero-order valence-electron chi connectivity index (χ0n) is 14.0. The summed E-state index contributed by atoms with van der Waals surface area (Å²) in [6.07, 6.45) is 3.87. The second-order valence-corrected chi connectivity index (χ2v) is 11.2. The number of rotatable bonds is 6. The van der Waals surface area contributed by atoms with Crippen LogP contribution in [0.25, 0.3) is 0 Å². The highest BCUT2D eigenvalue weighted by molar-refractivity contribution is 6.86. The number of carbonyl (C=O) groups is 2. The highest BCUT2D eigenvalue weighted by Crippen LogP contribution is 2.43. The molecule has 0 aliphatic heterocycles. The molecule has 0 aromatic rings. The maximum absolute atomic E-state index is 12.1. The normalized spacial score (nSPS) is 17.9. The minimum Gasteiger partial charge on any atom is -0.468 e. The Balaban J connectivity index is 3.11. The smallest absolute Gasteiger partial charge is 0.323 e. The van der Waals surface area contributed by atoms with Gasteiger partial charge in [-0.15, -0.1) is 0 Å². The molecule has 0 atom stereocenters. The summed E-state index contributed by atoms with van der Waals surface area (Å²) in [5.41, 5.74) is -1.14. The molecule has 5 heteroatoms. The summed E-state index contributed by atoms with van der Waals surface area (Å²) >= 11 is 0. The van der Waals surface area contributed by atoms with E-state index in [1.807, 2.05) is 0 Å². The van der Waals surface area contributed by atoms with E-state index in [1.54, 1.807) is 0 Å². The molecule has 1 rings (SSSR count). The van der Waals surface area contributed by atoms with Gasteiger partial charge in [-0.1, -0.05) is 50.2 Å². The van der Waals surface area contributed by atoms with E-state index >= 15 is 0 Å². The van der Waals surface area contributed by atoms with E-state index in [0.717, 1.165) is 6.42 Å². The Labute approximate surface area is 128 Å². The quantitative estimate of drug-likeness (QED) is 0.428. The van der Waals surface area contributed by atoms with Crippen LogP contribution in [0.1, 0.15) is 40.0 Å². The van der Waals surface area contributed by atoms with Crippen LogP contribution in [-0.2, 0) is 19.1 Å². The van der Waals surface area contributed by atoms with Crippen LogP contribution in [0.15, 0.2) is 11.3 Å². The number of carbonyl (C=O) groups excluding carboxylic acids is 2. The molecule has 0 unspecified atom stereocenters. The molecule has 0 spiro atoms. The Hall–Kier alpha value is -1.10. The maximum atomic E-state index is 12.1. The first-order valence-corrected chi connectivity index (χ1v) is 10.4. The van der Waals surface area contributed by atoms with Crippen LogP contribution < -0.4 is 0 Å². The van der Waals surface area contributed by atoms with Crippen molar-refractivity contribution >= 4 is 20.0 Å². The van der Waals surface area contributed by atoms with Gasteiger partial charge in [-0.2, -0.15) is 0 Å². The van der Waals surface area contributed by atoms with Gasteiger partial charge < -0.3 is 9.47 Å². The van der Waals surface area contributed by atoms with Crippen LogP contribution in [0.4, 0.5) is 0 Å². The highest BCUT2D eigenvalue weighted by Gasteiger charge is 2.50. The standard InChI is InChI=1S/C16H28O4Si/c1-6-21(7-2,8-3)13-9-11-16(12-10-13,14(17)19-4)15(18)20-5/h9H,6-8,10-12H2,1-5H3. The molecule has 0 saturated heterocycles. The molecule has 120 valence electrons. The summed E-state index contributed by atoms with van der Waals surface area (Å²) < 4.78 is 9.72. The van der Waals surface area contributed by atoms with Crippen molar-refractivity contribution in [3.05, 3.63) is 11.3 Å². The lowest BCUT2D eigenvalue weighted by Crippen LogP contribution is -2.45. The summed E-state index contributed by atoms with van der Waals surface area (Å²) in [6, 6.07) is 3.65. The molecule has 21 heavy (non-hydrogen) atoms. The van der Waals surface area contributed by atoms with Crippen LogP contribution in [0.2, 0.25) is 18.1 Å². The predicted octanol–water partition coefficient (Wildman–Crippen LogP) is 3.48. The van der Waals surface area contributed by atoms with E-state index in [-0.39, 0.29) is 0 Å². The molecule has 0 N–H and O–H groups in total. The predicted molar refractivity (Wildman–Crippen MR) is 85.6 cm³/mol. The largest absolute Gasteiger partial charge is 0.468 e. The van der Waals surface area contributed by atoms with E-state index in [9.17, 15) is 9.59 Å². The topological polar surface area (TPSA) is 52.6 Å². The molecule has 0 bridgehead atoms. The first kappa shape index (κ1) is 17.9. The number of ether oxygens (including phenoxy) is 2. The molecule has 1 aliphatic carbocycles. The molecule has 0 aromatic carbocycles. The Morgan fingerprint density at radius 2 is 1.57 bits per heavy atom. The van der Waals surface area contributed by atoms with Crippen LogP contribution in [0.3, 0.4) is 0 Å². The third-order valence-electron chi connectivity index (χ3n) is 5.38. The van der Waals surface area contributed by atoms with Gasteiger partial charge in [0.2, 0.25) is 0 Å². The first-order valence-electron chi connectivity index (χ1n) is 7.82. The first-order chi connectivity index (χ1) is 9.96. The molecular weight excluding hydrogens is 284 g/mol. The number of methoxy groups -OCH3 is 2. The molecule has 4 nitrogen and oxygen atoms in total. The summed E-state index contributed by atoms with van der Waals surface area (Å²) in [4.78, 5) is 24.2. The number of esters is 2. The fourth-order valence-corrected chi connectivity index (χ4v) is 7.66. The summed E-state index contributed by atoms with van der Waals surface area (Å²) in [7, 11) is 1.25. The maximum Gasteiger partial charge on any atom is 0.323 e. The van der Waals surface area contributed by atoms with Gasteiger partial charge in [0.05, 0.1) is 22.3 Å². The lowest BCUT2D eigenvalue weighted by Gasteiger charge is -2.38. The SMILES string of the molecule is CC[Si](CC)(CC)C1=CCC(C(=O)OC)(C(=O)OC)CC1. The van der Waals surface area contributed by atoms with Crippen molar-refractivity contribution in [1.82, 2.24) is 0 Å². The third-order valence-corrected chi connectivity index (χ3v) is 11.3. The van der Waals surface area contributed by atoms with E-state index in [0.29, 0.717) is 12.8 Å². The van der Waals surface area contributed by atoms with Crippen molar-refractivity contribution < 1.29 is 19.1 Å². The fourth-order valence-electron chi connectivity index (χ4n) is 3.61. The molecule has 0 heterocycles. The summed E-state index contributed by atoms with van der Waals surface area (Å²) in [5.74, 6) is -0.942. The third kappa shape index (κ3) is 3.07. The van der Waals surface area contributed by atoms with Gasteiger partial charge in [-0.25, -0.2) is 0 Å². The van der Waals surface area contributed by atoms with E-state index in [2.05, 4.69) is 26.8 Å². The van der Waals surface area contributed by atoms with Crippen molar-refractivity contribution in [2.24, 2.45) is 5.41 Å². The summed E-state index contributed by atoms with van der Waals surface area (Å²) in [6.45, 7) is 6.80. The van der Waals surface area contributed by atoms with E-state index in [1.165, 1.54) is 37.5 Å². The van der Waals surface area contributed by atoms with Gasteiger partial charge in [0.25, 0.3) is 0 Å². The van der Waals surface area contributed by atoms with Gasteiger partial charge in [-0.05, 0) is 19.3 Å². The lowest BCUT2D eigenvalue weighted by molar-refractivity contribution is -0.169. The van der Waals surface area contributed by atoms with Crippen molar-refractivity contribution in [2.75, 3.05) is 14.2 Å². The molecule has 0 radical (unpaired) electrons. The van der Waals surface area contributed by atoms with Gasteiger partial charge in [0.1, 0.15) is 0 Å². The van der Waals surface area contributed by atoms with Crippen molar-refractivity contribution in [3.8, 4) is 0 Å². The van der Waals surface area contributed by atoms with Crippen molar-refractivity contribution in [3.63, 3.8) is 0 Å². The summed E-state index contributed by atoms with van der Waals surface area (Å²) in [5, 5.41) is 1.51. The minimum absolute atomic E-state index is 0.413. The average Bonchev–Trinajstić information content (AvgIpc) is 2.56. The number of hydrogen-bond donors (Lipinski definition) is 0. The number of hydrogen-bond acceptors (Lipinski definition) is 4. The number of allylic oxidation sites excluding steroid dienone is 2. The Bertz CT molecular complexity index is 400. The van der Waals surface area contributed by atoms with E-state index < -0.39 is 25.4 Å². The monoisotopic (exact) mass is 312 g/mol. The van der Waals surface area contributed by atoms with Gasteiger partial charge >= 0.3 is 11.9 Å². The molecule has 0 saturated carbocycles. The minimum atomic E-state index is -1.41. The van der Waals surface area contributed by atoms with Crippen molar-refractivity contribution in [1.29, 1.82) is 0 Å². The molecule has 0 fully saturated rings. The highest BCUT2D eigenvalue weighted by atomic mass is 28.3. The molecule has 0 amide bonds. The second-order valence-electron chi connectivity index (χ2n) is 5.84. The lowest BCUT2D eigenvalue weighted by atomic mass is 9.77. The molecular formula is C16H28O4Si. The van der Waals surface area contributed by atoms with E-state index in [4.69, 9.17) is 9.47 Å². The second kappa shape index (κ2) is 7.25. The zero-order chi connectivity index (χ0) is 16.1. The van der Waals surface area contributed by atoms with Gasteiger partial charge in [0.15, 0.2) is 5.41 Å². The van der Waals surface area contributed by atoms with Crippen molar-refractivity contribution in [2.45, 2.75) is 58.2 Å². The fraction of sp³-hybridized carbons (Fsp3) is 0.750. The average molecular weight is 312 g/mol. The molecule has 1 aliphatic rings. The van der Waals surface area contributed by atoms with Gasteiger partial charge in [0, 0.05) is 0 Å².